The number of anilines is 2. The van der Waals surface area contributed by atoms with E-state index in [2.05, 4.69) is 5.32 Å². The number of hydrogen-bond donors (Lipinski definition) is 2. The van der Waals surface area contributed by atoms with Gasteiger partial charge in [0, 0.05) is 20.6 Å². The second-order valence-corrected chi connectivity index (χ2v) is 4.48. The van der Waals surface area contributed by atoms with Crippen molar-refractivity contribution in [3.63, 3.8) is 0 Å². The second kappa shape index (κ2) is 5.77. The molecule has 0 saturated heterocycles. The number of carbonyl (C=O) groups is 1. The minimum absolute atomic E-state index is 0.0115. The van der Waals surface area contributed by atoms with Crippen molar-refractivity contribution in [3.05, 3.63) is 23.2 Å². The maximum atomic E-state index is 11.4. The topological polar surface area (TPSA) is 58.4 Å². The van der Waals surface area contributed by atoms with Crippen LogP contribution in [0.1, 0.15) is 6.92 Å². The first-order valence-electron chi connectivity index (χ1n) is 5.44. The van der Waals surface area contributed by atoms with Gasteiger partial charge in [0.1, 0.15) is 0 Å². The van der Waals surface area contributed by atoms with Crippen molar-refractivity contribution in [1.29, 1.82) is 0 Å². The Labute approximate surface area is 107 Å². The Kier molecular flexibility index (Phi) is 4.63. The molecule has 0 aromatic heterocycles. The average molecular weight is 256 g/mol. The Bertz CT molecular complexity index is 409. The van der Waals surface area contributed by atoms with Crippen LogP contribution in [0.3, 0.4) is 0 Å². The average Bonchev–Trinajstić information content (AvgIpc) is 2.31. The van der Waals surface area contributed by atoms with Gasteiger partial charge in [0.25, 0.3) is 0 Å². The summed E-state index contributed by atoms with van der Waals surface area (Å²) in [6.45, 7) is 2.46. The Balaban J connectivity index is 2.80. The quantitative estimate of drug-likeness (QED) is 0.806. The SMILES string of the molecule is CNC(=O)C(C)CN(C)c1cccc(Cl)c1N. The van der Waals surface area contributed by atoms with Gasteiger partial charge in [-0.3, -0.25) is 4.79 Å². The molecule has 94 valence electrons. The van der Waals surface area contributed by atoms with E-state index in [9.17, 15) is 4.79 Å². The van der Waals surface area contributed by atoms with E-state index in [4.69, 9.17) is 17.3 Å². The van der Waals surface area contributed by atoms with E-state index in [1.54, 1.807) is 13.1 Å². The first kappa shape index (κ1) is 13.6. The smallest absolute Gasteiger partial charge is 0.224 e. The van der Waals surface area contributed by atoms with E-state index in [-0.39, 0.29) is 11.8 Å². The third-order valence-corrected chi connectivity index (χ3v) is 3.01. The molecule has 5 heteroatoms. The first-order valence-corrected chi connectivity index (χ1v) is 5.82. The van der Waals surface area contributed by atoms with E-state index in [1.165, 1.54) is 0 Å². The molecule has 1 aromatic carbocycles. The molecule has 1 rings (SSSR count). The number of nitrogen functional groups attached to an aromatic ring is 1. The summed E-state index contributed by atoms with van der Waals surface area (Å²) < 4.78 is 0. The van der Waals surface area contributed by atoms with Crippen molar-refractivity contribution in [1.82, 2.24) is 5.32 Å². The number of rotatable bonds is 4. The molecule has 0 radical (unpaired) electrons. The van der Waals surface area contributed by atoms with E-state index >= 15 is 0 Å². The van der Waals surface area contributed by atoms with Gasteiger partial charge in [-0.1, -0.05) is 24.6 Å². The molecule has 4 nitrogen and oxygen atoms in total. The lowest BCUT2D eigenvalue weighted by Crippen LogP contribution is -2.34. The number of amides is 1. The standard InChI is InChI=1S/C12H18ClN3O/c1-8(12(17)15-2)7-16(3)10-6-4-5-9(13)11(10)14/h4-6,8H,7,14H2,1-3H3,(H,15,17). The normalized spacial score (nSPS) is 12.0. The lowest BCUT2D eigenvalue weighted by atomic mass is 10.1. The molecule has 0 bridgehead atoms. The molecule has 3 N–H and O–H groups in total. The fourth-order valence-corrected chi connectivity index (χ4v) is 1.87. The minimum atomic E-state index is -0.108. The number of nitrogens with one attached hydrogen (secondary N) is 1. The molecule has 0 heterocycles. The van der Waals surface area contributed by atoms with Crippen LogP contribution in [-0.4, -0.2) is 26.5 Å². The van der Waals surface area contributed by atoms with Gasteiger partial charge in [-0.05, 0) is 12.1 Å². The summed E-state index contributed by atoms with van der Waals surface area (Å²) in [6.07, 6.45) is 0. The minimum Gasteiger partial charge on any atom is -0.396 e. The van der Waals surface area contributed by atoms with Gasteiger partial charge in [-0.2, -0.15) is 0 Å². The summed E-state index contributed by atoms with van der Waals surface area (Å²) in [5.41, 5.74) is 7.28. The summed E-state index contributed by atoms with van der Waals surface area (Å²) in [6, 6.07) is 5.48. The number of carbonyl (C=O) groups excluding carboxylic acids is 1. The number of benzene rings is 1. The van der Waals surface area contributed by atoms with Gasteiger partial charge in [-0.25, -0.2) is 0 Å². The monoisotopic (exact) mass is 255 g/mol. The van der Waals surface area contributed by atoms with Crippen LogP contribution in [0.4, 0.5) is 11.4 Å². The summed E-state index contributed by atoms with van der Waals surface area (Å²) in [5.74, 6) is -0.0965. The Morgan fingerprint density at radius 1 is 1.59 bits per heavy atom. The lowest BCUT2D eigenvalue weighted by molar-refractivity contribution is -0.123. The largest absolute Gasteiger partial charge is 0.396 e. The van der Waals surface area contributed by atoms with E-state index < -0.39 is 0 Å². The van der Waals surface area contributed by atoms with Gasteiger partial charge in [-0.15, -0.1) is 0 Å². The Morgan fingerprint density at radius 2 is 2.24 bits per heavy atom. The number of halogens is 1. The molecule has 0 saturated carbocycles. The second-order valence-electron chi connectivity index (χ2n) is 4.07. The molecule has 0 aliphatic heterocycles. The van der Waals surface area contributed by atoms with Crippen LogP contribution in [0, 0.1) is 5.92 Å². The zero-order chi connectivity index (χ0) is 13.0. The van der Waals surface area contributed by atoms with Crippen molar-refractivity contribution < 1.29 is 4.79 Å². The van der Waals surface area contributed by atoms with E-state index in [0.29, 0.717) is 17.3 Å². The van der Waals surface area contributed by atoms with Gasteiger partial charge < -0.3 is 16.0 Å². The Morgan fingerprint density at radius 3 is 2.82 bits per heavy atom. The highest BCUT2D eigenvalue weighted by atomic mass is 35.5. The lowest BCUT2D eigenvalue weighted by Gasteiger charge is -2.24. The molecular weight excluding hydrogens is 238 g/mol. The molecule has 1 amide bonds. The number of nitrogens with two attached hydrogens (primary N) is 1. The Hall–Kier alpha value is -1.42. The van der Waals surface area contributed by atoms with Crippen LogP contribution in [0.25, 0.3) is 0 Å². The van der Waals surface area contributed by atoms with Gasteiger partial charge >= 0.3 is 0 Å². The summed E-state index contributed by atoms with van der Waals surface area (Å²) in [5, 5.41) is 3.15. The van der Waals surface area contributed by atoms with Crippen molar-refractivity contribution in [2.45, 2.75) is 6.92 Å². The number of para-hydroxylation sites is 1. The maximum absolute atomic E-state index is 11.4. The van der Waals surface area contributed by atoms with Crippen LogP contribution in [-0.2, 0) is 4.79 Å². The van der Waals surface area contributed by atoms with Crippen LogP contribution in [0.15, 0.2) is 18.2 Å². The molecule has 0 aliphatic carbocycles. The predicted octanol–water partition coefficient (Wildman–Crippen LogP) is 1.74. The summed E-state index contributed by atoms with van der Waals surface area (Å²) in [7, 11) is 3.52. The van der Waals surface area contributed by atoms with Crippen LogP contribution in [0.5, 0.6) is 0 Å². The van der Waals surface area contributed by atoms with Gasteiger partial charge in [0.05, 0.1) is 22.3 Å². The third kappa shape index (κ3) is 3.27. The zero-order valence-electron chi connectivity index (χ0n) is 10.3. The first-order chi connectivity index (χ1) is 7.97. The maximum Gasteiger partial charge on any atom is 0.224 e. The molecule has 0 aliphatic rings. The molecule has 17 heavy (non-hydrogen) atoms. The molecule has 0 spiro atoms. The van der Waals surface area contributed by atoms with Gasteiger partial charge in [0.15, 0.2) is 0 Å². The highest BCUT2D eigenvalue weighted by molar-refractivity contribution is 6.33. The fourth-order valence-electron chi connectivity index (χ4n) is 1.70. The van der Waals surface area contributed by atoms with E-state index in [1.807, 2.05) is 31.0 Å². The number of nitrogens with zero attached hydrogens (tertiary/aromatic N) is 1. The molecule has 1 atom stereocenters. The fraction of sp³-hybridized carbons (Fsp3) is 0.417. The summed E-state index contributed by atoms with van der Waals surface area (Å²) in [4.78, 5) is 13.4. The molecular formula is C12H18ClN3O. The van der Waals surface area contributed by atoms with Crippen molar-refractivity contribution >= 4 is 28.9 Å². The van der Waals surface area contributed by atoms with Crippen molar-refractivity contribution in [3.8, 4) is 0 Å². The highest BCUT2D eigenvalue weighted by Gasteiger charge is 2.15. The van der Waals surface area contributed by atoms with E-state index in [0.717, 1.165) is 5.69 Å². The molecule has 1 unspecified atom stereocenters. The van der Waals surface area contributed by atoms with Crippen LogP contribution < -0.4 is 16.0 Å². The third-order valence-electron chi connectivity index (χ3n) is 2.68. The van der Waals surface area contributed by atoms with Gasteiger partial charge in [0.2, 0.25) is 5.91 Å². The molecule has 1 aromatic rings. The number of hydrogen-bond acceptors (Lipinski definition) is 3. The molecule has 0 fully saturated rings. The van der Waals surface area contributed by atoms with Crippen molar-refractivity contribution in [2.75, 3.05) is 31.3 Å². The van der Waals surface area contributed by atoms with Crippen molar-refractivity contribution in [2.24, 2.45) is 5.92 Å². The summed E-state index contributed by atoms with van der Waals surface area (Å²) >= 11 is 5.95. The van der Waals surface area contributed by atoms with Crippen LogP contribution in [0.2, 0.25) is 5.02 Å². The van der Waals surface area contributed by atoms with Crippen LogP contribution >= 0.6 is 11.6 Å². The zero-order valence-corrected chi connectivity index (χ0v) is 11.1. The highest BCUT2D eigenvalue weighted by Crippen LogP contribution is 2.29. The predicted molar refractivity (Wildman–Crippen MR) is 72.4 cm³/mol.